The van der Waals surface area contributed by atoms with Gasteiger partial charge in [0.1, 0.15) is 0 Å². The molecule has 0 aromatic heterocycles. The molecule has 11 aromatic carbocycles. The molecule has 0 fully saturated rings. The Morgan fingerprint density at radius 3 is 0.581 bits per heavy atom. The highest BCUT2D eigenvalue weighted by Crippen LogP contribution is 2.52. The minimum absolute atomic E-state index is 0.00148. The predicted octanol–water partition coefficient (Wildman–Crippen LogP) is 20.5. The molecule has 0 heterocycles. The number of para-hydroxylation sites is 4. The number of rotatable bonds is 12. The fourth-order valence-electron chi connectivity index (χ4n) is 10.3. The smallest absolute Gasteiger partial charge is 0.0619 e. The van der Waals surface area contributed by atoms with Gasteiger partial charge in [0.25, 0.3) is 0 Å². The minimum Gasteiger partial charge on any atom is -0.311 e. The second-order valence-corrected chi connectivity index (χ2v) is 21.1. The maximum Gasteiger partial charge on any atom is 0.0619 e. The predicted molar refractivity (Wildman–Crippen MR) is 318 cm³/mol. The summed E-state index contributed by atoms with van der Waals surface area (Å²) >= 11 is 0. The van der Waals surface area contributed by atoms with E-state index in [1.165, 1.54) is 11.1 Å². The van der Waals surface area contributed by atoms with Gasteiger partial charge in [-0.1, -0.05) is 187 Å². The number of fused-ring (bicyclic) bond motifs is 2. The molecule has 0 amide bonds. The van der Waals surface area contributed by atoms with E-state index in [1.807, 2.05) is 0 Å². The Hall–Kier alpha value is -8.86. The summed E-state index contributed by atoms with van der Waals surface area (Å²) in [6.45, 7) is 13.7. The van der Waals surface area contributed by atoms with Gasteiger partial charge in [-0.3, -0.25) is 0 Å². The molecule has 4 heteroatoms. The van der Waals surface area contributed by atoms with E-state index in [9.17, 15) is 0 Å². The highest BCUT2D eigenvalue weighted by molar-refractivity contribution is 6.23. The standard InChI is InChI=1S/C70H62N4/c1-69(2,3)51-35-39-59(40-36-51)73(61-47-43-57(44-48-61)71(53-23-11-7-12-24-53)54-25-13-8-14-26-54)67-63-31-19-21-33-65(63)68(66-34-22-20-32-64(66)67)74(60-41-37-52(38-42-60)70(4,5)6)62-49-45-58(46-50-62)72(55-27-15-9-16-28-55)56-29-17-10-18-30-56/h7-50H,1-6H3. The maximum atomic E-state index is 2.47. The third-order valence-electron chi connectivity index (χ3n) is 14.1. The molecule has 0 atom stereocenters. The van der Waals surface area contributed by atoms with Crippen LogP contribution in [0, 0.1) is 0 Å². The lowest BCUT2D eigenvalue weighted by Gasteiger charge is -2.34. The first-order valence-corrected chi connectivity index (χ1v) is 25.8. The van der Waals surface area contributed by atoms with Gasteiger partial charge >= 0.3 is 0 Å². The lowest BCUT2D eigenvalue weighted by atomic mass is 9.87. The largest absolute Gasteiger partial charge is 0.311 e. The molecule has 0 aliphatic heterocycles. The van der Waals surface area contributed by atoms with Gasteiger partial charge in [-0.15, -0.1) is 0 Å². The van der Waals surface area contributed by atoms with Gasteiger partial charge < -0.3 is 19.6 Å². The topological polar surface area (TPSA) is 13.0 Å². The van der Waals surface area contributed by atoms with Crippen molar-refractivity contribution in [2.24, 2.45) is 0 Å². The van der Waals surface area contributed by atoms with Crippen LogP contribution in [0.25, 0.3) is 21.5 Å². The summed E-state index contributed by atoms with van der Waals surface area (Å²) in [4.78, 5) is 9.59. The summed E-state index contributed by atoms with van der Waals surface area (Å²) in [5, 5.41) is 4.58. The summed E-state index contributed by atoms with van der Waals surface area (Å²) < 4.78 is 0. The SMILES string of the molecule is CC(C)(C)c1ccc(N(c2ccc(N(c3ccccc3)c3ccccc3)cc2)c2c3ccccc3c(N(c3ccc(N(c4ccccc4)c4ccccc4)cc3)c3ccc(C(C)(C)C)cc3)c3ccccc23)cc1. The van der Waals surface area contributed by atoms with Crippen LogP contribution in [0.4, 0.5) is 68.2 Å². The van der Waals surface area contributed by atoms with Crippen molar-refractivity contribution in [3.63, 3.8) is 0 Å². The highest BCUT2D eigenvalue weighted by atomic mass is 15.2. The van der Waals surface area contributed by atoms with Crippen LogP contribution in [0.5, 0.6) is 0 Å². The van der Waals surface area contributed by atoms with Gasteiger partial charge in [0.15, 0.2) is 0 Å². The van der Waals surface area contributed by atoms with Gasteiger partial charge in [0.05, 0.1) is 11.4 Å². The molecule has 0 aliphatic carbocycles. The molecule has 4 nitrogen and oxygen atoms in total. The molecule has 74 heavy (non-hydrogen) atoms. The Morgan fingerprint density at radius 1 is 0.189 bits per heavy atom. The molecule has 0 bridgehead atoms. The van der Waals surface area contributed by atoms with E-state index in [2.05, 4.69) is 328 Å². The first kappa shape index (κ1) is 47.5. The fourth-order valence-corrected chi connectivity index (χ4v) is 10.3. The van der Waals surface area contributed by atoms with E-state index in [1.54, 1.807) is 0 Å². The average Bonchev–Trinajstić information content (AvgIpc) is 3.44. The Labute approximate surface area is 437 Å². The van der Waals surface area contributed by atoms with E-state index in [0.717, 1.165) is 89.8 Å². The minimum atomic E-state index is -0.00148. The molecule has 11 aromatic rings. The molecular formula is C70H62N4. The second-order valence-electron chi connectivity index (χ2n) is 21.1. The Kier molecular flexibility index (Phi) is 12.8. The van der Waals surface area contributed by atoms with E-state index in [4.69, 9.17) is 0 Å². The summed E-state index contributed by atoms with van der Waals surface area (Å²) in [7, 11) is 0. The summed E-state index contributed by atoms with van der Waals surface area (Å²) in [6, 6.07) is 97.0. The summed E-state index contributed by atoms with van der Waals surface area (Å²) in [6.07, 6.45) is 0. The van der Waals surface area contributed by atoms with Crippen LogP contribution in [-0.4, -0.2) is 0 Å². The van der Waals surface area contributed by atoms with Gasteiger partial charge in [0.2, 0.25) is 0 Å². The Morgan fingerprint density at radius 2 is 0.365 bits per heavy atom. The second kappa shape index (κ2) is 20.0. The van der Waals surface area contributed by atoms with Crippen LogP contribution in [0.2, 0.25) is 0 Å². The summed E-state index contributed by atoms with van der Waals surface area (Å²) in [5.41, 5.74) is 15.7. The molecular weight excluding hydrogens is 897 g/mol. The van der Waals surface area contributed by atoms with Crippen molar-refractivity contribution in [2.75, 3.05) is 19.6 Å². The third-order valence-corrected chi connectivity index (χ3v) is 14.1. The normalized spacial score (nSPS) is 11.6. The highest BCUT2D eigenvalue weighted by Gasteiger charge is 2.27. The summed E-state index contributed by atoms with van der Waals surface area (Å²) in [5.74, 6) is 0. The molecule has 0 unspecified atom stereocenters. The number of hydrogen-bond donors (Lipinski definition) is 0. The number of hydrogen-bond acceptors (Lipinski definition) is 4. The molecule has 0 saturated carbocycles. The van der Waals surface area contributed by atoms with Crippen molar-refractivity contribution in [1.82, 2.24) is 0 Å². The van der Waals surface area contributed by atoms with Crippen LogP contribution in [-0.2, 0) is 10.8 Å². The lowest BCUT2D eigenvalue weighted by Crippen LogP contribution is -2.16. The van der Waals surface area contributed by atoms with E-state index in [-0.39, 0.29) is 10.8 Å². The van der Waals surface area contributed by atoms with Crippen LogP contribution < -0.4 is 19.6 Å². The average molecular weight is 959 g/mol. The molecule has 0 radical (unpaired) electrons. The Balaban J connectivity index is 1.12. The first-order chi connectivity index (χ1) is 36.0. The zero-order valence-electron chi connectivity index (χ0n) is 43.2. The van der Waals surface area contributed by atoms with Crippen molar-refractivity contribution >= 4 is 89.8 Å². The van der Waals surface area contributed by atoms with Crippen LogP contribution in [0.3, 0.4) is 0 Å². The number of nitrogens with zero attached hydrogens (tertiary/aromatic N) is 4. The monoisotopic (exact) mass is 958 g/mol. The van der Waals surface area contributed by atoms with Gasteiger partial charge in [-0.05, 0) is 143 Å². The zero-order valence-corrected chi connectivity index (χ0v) is 43.2. The van der Waals surface area contributed by atoms with Crippen molar-refractivity contribution in [1.29, 1.82) is 0 Å². The molecule has 11 rings (SSSR count). The van der Waals surface area contributed by atoms with Crippen LogP contribution in [0.1, 0.15) is 52.7 Å². The van der Waals surface area contributed by atoms with Crippen molar-refractivity contribution in [2.45, 2.75) is 52.4 Å². The van der Waals surface area contributed by atoms with E-state index >= 15 is 0 Å². The van der Waals surface area contributed by atoms with Crippen molar-refractivity contribution in [3.05, 3.63) is 278 Å². The number of anilines is 12. The van der Waals surface area contributed by atoms with Crippen LogP contribution in [0.15, 0.2) is 267 Å². The quantitative estimate of drug-likeness (QED) is 0.0893. The van der Waals surface area contributed by atoms with Gasteiger partial charge in [-0.2, -0.15) is 0 Å². The molecule has 362 valence electrons. The molecule has 0 N–H and O–H groups in total. The zero-order chi connectivity index (χ0) is 50.8. The first-order valence-electron chi connectivity index (χ1n) is 25.8. The van der Waals surface area contributed by atoms with Gasteiger partial charge in [0, 0.05) is 78.4 Å². The van der Waals surface area contributed by atoms with Gasteiger partial charge in [-0.25, -0.2) is 0 Å². The lowest BCUT2D eigenvalue weighted by molar-refractivity contribution is 0.590. The van der Waals surface area contributed by atoms with Crippen molar-refractivity contribution < 1.29 is 0 Å². The molecule has 0 saturated heterocycles. The van der Waals surface area contributed by atoms with Crippen molar-refractivity contribution in [3.8, 4) is 0 Å². The third kappa shape index (κ3) is 9.39. The van der Waals surface area contributed by atoms with E-state index < -0.39 is 0 Å². The fraction of sp³-hybridized carbons (Fsp3) is 0.114. The molecule has 0 aliphatic rings. The maximum absolute atomic E-state index is 2.47. The number of benzene rings is 11. The van der Waals surface area contributed by atoms with Crippen LogP contribution >= 0.6 is 0 Å². The molecule has 0 spiro atoms. The Bertz CT molecular complexity index is 3260. The van der Waals surface area contributed by atoms with E-state index in [0.29, 0.717) is 0 Å².